The topological polar surface area (TPSA) is 102 Å². The second kappa shape index (κ2) is 14.1. The number of rotatable bonds is 8. The lowest BCUT2D eigenvalue weighted by atomic mass is 9.77. The van der Waals surface area contributed by atoms with Crippen LogP contribution in [-0.2, 0) is 38.0 Å². The minimum atomic E-state index is -0.808. The number of carboxylic acids is 1. The third kappa shape index (κ3) is 6.97. The third-order valence-electron chi connectivity index (χ3n) is 14.7. The van der Waals surface area contributed by atoms with Gasteiger partial charge in [0.15, 0.2) is 5.79 Å². The Balaban J connectivity index is 1.13. The van der Waals surface area contributed by atoms with Gasteiger partial charge in [-0.15, -0.1) is 0 Å². The van der Waals surface area contributed by atoms with E-state index in [1.807, 2.05) is 0 Å². The molecule has 0 aromatic carbocycles. The molecular weight excluding hydrogens is 636 g/mol. The summed E-state index contributed by atoms with van der Waals surface area (Å²) in [6, 6.07) is 0. The second-order valence-corrected chi connectivity index (χ2v) is 19.0. The maximum absolute atomic E-state index is 11.8. The largest absolute Gasteiger partial charge is 0.481 e. The summed E-state index contributed by atoms with van der Waals surface area (Å²) in [5.74, 6) is -0.428. The summed E-state index contributed by atoms with van der Waals surface area (Å²) in [4.78, 5) is 11.8. The van der Waals surface area contributed by atoms with E-state index in [1.54, 1.807) is 14.0 Å². The highest BCUT2D eigenvalue weighted by atomic mass is 16.7. The van der Waals surface area contributed by atoms with Gasteiger partial charge in [0.1, 0.15) is 0 Å². The molecule has 6 fully saturated rings. The molecule has 18 atom stereocenters. The molecular formula is C41H70O9. The van der Waals surface area contributed by atoms with Gasteiger partial charge in [-0.3, -0.25) is 4.79 Å². The lowest BCUT2D eigenvalue weighted by Gasteiger charge is -2.50. The predicted molar refractivity (Wildman–Crippen MR) is 191 cm³/mol. The van der Waals surface area contributed by atoms with E-state index in [-0.39, 0.29) is 72.2 Å². The van der Waals surface area contributed by atoms with Gasteiger partial charge in [0.2, 0.25) is 0 Å². The first-order valence-electron chi connectivity index (χ1n) is 20.1. The molecule has 0 aliphatic carbocycles. The standard InChI is InChI=1S/C41H70O9/c1-22-13-14-29(45-34(22)27(6)37(42)43)19-30-20-31(44-12)28(7)41(47-30)26(5)21-40(11,50-41)33-15-16-39(10,48-33)36-24(3)18-32(46-36)35-23(2)17-25(4)38(8,9)49-35/h22-36H,13-21H2,1-12H3,(H,42,43). The first-order valence-corrected chi connectivity index (χ1v) is 20.1. The Hall–Kier alpha value is -0.810. The van der Waals surface area contributed by atoms with Crippen LogP contribution in [0.5, 0.6) is 0 Å². The molecule has 6 rings (SSSR count). The van der Waals surface area contributed by atoms with Gasteiger partial charge in [-0.1, -0.05) is 41.5 Å². The number of ether oxygens (including phenoxy) is 7. The Labute approximate surface area is 302 Å². The van der Waals surface area contributed by atoms with E-state index in [2.05, 4.69) is 69.2 Å². The summed E-state index contributed by atoms with van der Waals surface area (Å²) in [6.45, 7) is 24.2. The van der Waals surface area contributed by atoms with Gasteiger partial charge >= 0.3 is 5.97 Å². The zero-order valence-electron chi connectivity index (χ0n) is 33.2. The summed E-state index contributed by atoms with van der Waals surface area (Å²) in [6.07, 6.45) is 7.76. The van der Waals surface area contributed by atoms with Crippen LogP contribution >= 0.6 is 0 Å². The van der Waals surface area contributed by atoms with E-state index >= 15 is 0 Å². The average molecular weight is 707 g/mol. The van der Waals surface area contributed by atoms with E-state index < -0.39 is 28.9 Å². The maximum atomic E-state index is 11.8. The number of methoxy groups -OCH3 is 1. The summed E-state index contributed by atoms with van der Waals surface area (Å²) in [5, 5.41) is 9.71. The van der Waals surface area contributed by atoms with Crippen LogP contribution in [0.25, 0.3) is 0 Å². The molecule has 9 heteroatoms. The SMILES string of the molecule is COC1CC(CC2CCC(C)C(C(C)C(=O)O)O2)OC2(OC(C)(C3CCC(C)(C4OC(C5OC(C)(C)C(C)CC5C)CC4C)O3)CC2C)C1C. The Morgan fingerprint density at radius 2 is 1.54 bits per heavy atom. The molecule has 0 amide bonds. The van der Waals surface area contributed by atoms with Crippen LogP contribution in [0, 0.1) is 41.4 Å². The molecule has 0 aromatic heterocycles. The van der Waals surface area contributed by atoms with E-state index in [1.165, 1.54) is 0 Å². The molecule has 288 valence electrons. The predicted octanol–water partition coefficient (Wildman–Crippen LogP) is 7.80. The number of hydrogen-bond acceptors (Lipinski definition) is 8. The number of carboxylic acid groups (broad SMARTS) is 1. The van der Waals surface area contributed by atoms with Crippen molar-refractivity contribution in [2.75, 3.05) is 7.11 Å². The molecule has 1 N–H and O–H groups in total. The van der Waals surface area contributed by atoms with Gasteiger partial charge in [-0.25, -0.2) is 0 Å². The molecule has 6 aliphatic heterocycles. The highest BCUT2D eigenvalue weighted by molar-refractivity contribution is 5.70. The molecule has 6 heterocycles. The van der Waals surface area contributed by atoms with Gasteiger partial charge < -0.3 is 38.3 Å². The average Bonchev–Trinajstić information content (AvgIpc) is 3.72. The van der Waals surface area contributed by atoms with Crippen LogP contribution in [0.15, 0.2) is 0 Å². The van der Waals surface area contributed by atoms with Crippen molar-refractivity contribution < 1.29 is 43.1 Å². The Kier molecular flexibility index (Phi) is 11.0. The van der Waals surface area contributed by atoms with Crippen molar-refractivity contribution in [2.24, 2.45) is 41.4 Å². The molecule has 0 bridgehead atoms. The molecule has 18 unspecified atom stereocenters. The van der Waals surface area contributed by atoms with E-state index in [4.69, 9.17) is 33.2 Å². The van der Waals surface area contributed by atoms with Gasteiger partial charge in [0.05, 0.1) is 71.6 Å². The minimum Gasteiger partial charge on any atom is -0.481 e. The molecule has 6 saturated heterocycles. The van der Waals surface area contributed by atoms with E-state index in [9.17, 15) is 9.90 Å². The van der Waals surface area contributed by atoms with E-state index in [0.29, 0.717) is 24.2 Å². The molecule has 6 aliphatic rings. The Bertz CT molecular complexity index is 1210. The maximum Gasteiger partial charge on any atom is 0.308 e. The monoisotopic (exact) mass is 707 g/mol. The van der Waals surface area contributed by atoms with Crippen LogP contribution in [0.2, 0.25) is 0 Å². The summed E-state index contributed by atoms with van der Waals surface area (Å²) < 4.78 is 47.9. The first kappa shape index (κ1) is 38.9. The van der Waals surface area contributed by atoms with Gasteiger partial charge in [0, 0.05) is 31.8 Å². The molecule has 0 saturated carbocycles. The molecule has 0 aromatic rings. The fourth-order valence-corrected chi connectivity index (χ4v) is 11.3. The highest BCUT2D eigenvalue weighted by Crippen LogP contribution is 2.57. The van der Waals surface area contributed by atoms with Crippen LogP contribution in [0.3, 0.4) is 0 Å². The van der Waals surface area contributed by atoms with Crippen LogP contribution in [0.4, 0.5) is 0 Å². The summed E-state index contributed by atoms with van der Waals surface area (Å²) >= 11 is 0. The van der Waals surface area contributed by atoms with Crippen LogP contribution in [0.1, 0.15) is 134 Å². The van der Waals surface area contributed by atoms with Gasteiger partial charge in [-0.05, 0) is 103 Å². The normalized spacial score (nSPS) is 53.1. The van der Waals surface area contributed by atoms with E-state index in [0.717, 1.165) is 51.4 Å². The van der Waals surface area contributed by atoms with Crippen molar-refractivity contribution in [3.63, 3.8) is 0 Å². The lowest BCUT2D eigenvalue weighted by Crippen LogP contribution is -2.58. The van der Waals surface area contributed by atoms with Crippen LogP contribution in [-0.4, -0.2) is 89.6 Å². The van der Waals surface area contributed by atoms with Crippen molar-refractivity contribution >= 4 is 5.97 Å². The van der Waals surface area contributed by atoms with Gasteiger partial charge in [-0.2, -0.15) is 0 Å². The Morgan fingerprint density at radius 3 is 2.22 bits per heavy atom. The number of aliphatic carboxylic acids is 1. The smallest absolute Gasteiger partial charge is 0.308 e. The van der Waals surface area contributed by atoms with Crippen LogP contribution < -0.4 is 0 Å². The van der Waals surface area contributed by atoms with Crippen molar-refractivity contribution in [3.05, 3.63) is 0 Å². The van der Waals surface area contributed by atoms with Gasteiger partial charge in [0.25, 0.3) is 0 Å². The molecule has 9 nitrogen and oxygen atoms in total. The highest BCUT2D eigenvalue weighted by Gasteiger charge is 2.65. The molecule has 50 heavy (non-hydrogen) atoms. The minimum absolute atomic E-state index is 0.00476. The zero-order valence-corrected chi connectivity index (χ0v) is 33.2. The first-order chi connectivity index (χ1) is 23.3. The molecule has 0 radical (unpaired) electrons. The number of hydrogen-bond donors (Lipinski definition) is 1. The zero-order chi connectivity index (χ0) is 36.6. The quantitative estimate of drug-likeness (QED) is 0.271. The van der Waals surface area contributed by atoms with Crippen molar-refractivity contribution in [3.8, 4) is 0 Å². The van der Waals surface area contributed by atoms with Crippen molar-refractivity contribution in [1.82, 2.24) is 0 Å². The second-order valence-electron chi connectivity index (χ2n) is 19.0. The summed E-state index contributed by atoms with van der Waals surface area (Å²) in [7, 11) is 1.79. The fraction of sp³-hybridized carbons (Fsp3) is 0.976. The van der Waals surface area contributed by atoms with Crippen molar-refractivity contribution in [2.45, 2.75) is 205 Å². The third-order valence-corrected chi connectivity index (χ3v) is 14.7. The molecule has 1 spiro atoms. The summed E-state index contributed by atoms with van der Waals surface area (Å²) in [5.41, 5.74) is -1.07. The lowest BCUT2D eigenvalue weighted by molar-refractivity contribution is -0.352. The fourth-order valence-electron chi connectivity index (χ4n) is 11.3. The number of carbonyl (C=O) groups is 1. The van der Waals surface area contributed by atoms with Crippen molar-refractivity contribution in [1.29, 1.82) is 0 Å². The Morgan fingerprint density at radius 1 is 0.820 bits per heavy atom.